The van der Waals surface area contributed by atoms with Gasteiger partial charge < -0.3 is 14.4 Å². The third-order valence-electron chi connectivity index (χ3n) is 5.18. The molecule has 1 N–H and O–H groups in total. The van der Waals surface area contributed by atoms with Crippen molar-refractivity contribution >= 4 is 21.7 Å². The molecule has 0 spiro atoms. The molecule has 0 bridgehead atoms. The van der Waals surface area contributed by atoms with Gasteiger partial charge in [0.15, 0.2) is 0 Å². The molecule has 1 saturated heterocycles. The summed E-state index contributed by atoms with van der Waals surface area (Å²) in [6.07, 6.45) is 0. The van der Waals surface area contributed by atoms with Crippen molar-refractivity contribution in [2.24, 2.45) is 0 Å². The number of carbonyl (C=O) groups excluding carboxylic acids is 1. The molecule has 0 unspecified atom stereocenters. The number of hydrogen-bond acceptors (Lipinski definition) is 7. The van der Waals surface area contributed by atoms with E-state index in [-0.39, 0.29) is 12.4 Å². The molecule has 0 aliphatic carbocycles. The van der Waals surface area contributed by atoms with Crippen LogP contribution in [-0.4, -0.2) is 76.8 Å². The van der Waals surface area contributed by atoms with E-state index in [1.165, 1.54) is 7.11 Å². The van der Waals surface area contributed by atoms with Gasteiger partial charge in [-0.25, -0.2) is 13.2 Å². The Morgan fingerprint density at radius 3 is 2.45 bits per heavy atom. The SMILES string of the molecule is COc1ccc(COC(=O)c2ccccc2)cc1NS(=O)(=O)CCN1CCN(C)CC1. The minimum absolute atomic E-state index is 0.00686. The third kappa shape index (κ3) is 6.95. The van der Waals surface area contributed by atoms with Crippen molar-refractivity contribution in [1.82, 2.24) is 9.80 Å². The number of piperazine rings is 1. The summed E-state index contributed by atoms with van der Waals surface area (Å²) in [5.74, 6) is -0.0420. The normalized spacial score (nSPS) is 15.4. The Balaban J connectivity index is 1.61. The number of rotatable bonds is 9. The van der Waals surface area contributed by atoms with E-state index >= 15 is 0 Å². The van der Waals surface area contributed by atoms with Crippen LogP contribution in [0.4, 0.5) is 5.69 Å². The molecule has 9 heteroatoms. The second kappa shape index (κ2) is 10.6. The topological polar surface area (TPSA) is 88.2 Å². The van der Waals surface area contributed by atoms with E-state index in [1.807, 2.05) is 6.07 Å². The quantitative estimate of drug-likeness (QED) is 0.589. The minimum atomic E-state index is -3.56. The summed E-state index contributed by atoms with van der Waals surface area (Å²) in [5, 5.41) is 0. The number of anilines is 1. The van der Waals surface area contributed by atoms with E-state index in [4.69, 9.17) is 9.47 Å². The maximum atomic E-state index is 12.6. The van der Waals surface area contributed by atoms with Gasteiger partial charge in [-0.15, -0.1) is 0 Å². The molecular formula is C22H29N3O5S. The fraction of sp³-hybridized carbons (Fsp3) is 0.409. The average Bonchev–Trinajstić information content (AvgIpc) is 2.77. The first-order valence-corrected chi connectivity index (χ1v) is 11.8. The maximum absolute atomic E-state index is 12.6. The lowest BCUT2D eigenvalue weighted by molar-refractivity contribution is 0.0472. The fourth-order valence-corrected chi connectivity index (χ4v) is 4.37. The van der Waals surface area contributed by atoms with Gasteiger partial charge in [0.1, 0.15) is 12.4 Å². The molecule has 8 nitrogen and oxygen atoms in total. The lowest BCUT2D eigenvalue weighted by Crippen LogP contribution is -2.46. The van der Waals surface area contributed by atoms with Crippen LogP contribution < -0.4 is 9.46 Å². The Morgan fingerprint density at radius 1 is 1.06 bits per heavy atom. The Bertz CT molecular complexity index is 974. The van der Waals surface area contributed by atoms with E-state index in [0.717, 1.165) is 26.2 Å². The van der Waals surface area contributed by atoms with Crippen molar-refractivity contribution in [2.45, 2.75) is 6.61 Å². The molecule has 1 aliphatic rings. The van der Waals surface area contributed by atoms with E-state index in [2.05, 4.69) is 21.6 Å². The summed E-state index contributed by atoms with van der Waals surface area (Å²) in [4.78, 5) is 16.5. The minimum Gasteiger partial charge on any atom is -0.495 e. The number of methoxy groups -OCH3 is 1. The largest absolute Gasteiger partial charge is 0.495 e. The Morgan fingerprint density at radius 2 is 1.77 bits per heavy atom. The van der Waals surface area contributed by atoms with Crippen molar-refractivity contribution in [3.8, 4) is 5.75 Å². The van der Waals surface area contributed by atoms with Gasteiger partial charge in [0, 0.05) is 32.7 Å². The first-order valence-electron chi connectivity index (χ1n) is 10.2. The van der Waals surface area contributed by atoms with Gasteiger partial charge in [-0.2, -0.15) is 0 Å². The van der Waals surface area contributed by atoms with Gasteiger partial charge in [-0.3, -0.25) is 9.62 Å². The fourth-order valence-electron chi connectivity index (χ4n) is 3.27. The summed E-state index contributed by atoms with van der Waals surface area (Å²) in [6.45, 7) is 4.08. The van der Waals surface area contributed by atoms with Crippen LogP contribution in [0.15, 0.2) is 48.5 Å². The standard InChI is InChI=1S/C22H29N3O5S/c1-24-10-12-25(13-11-24)14-15-31(27,28)23-20-16-18(8-9-21(20)29-2)17-30-22(26)19-6-4-3-5-7-19/h3-9,16,23H,10-15,17H2,1-2H3. The van der Waals surface area contributed by atoms with Crippen molar-refractivity contribution in [1.29, 1.82) is 0 Å². The van der Waals surface area contributed by atoms with Crippen LogP contribution in [0.1, 0.15) is 15.9 Å². The number of likely N-dealkylation sites (N-methyl/N-ethyl adjacent to an activating group) is 1. The molecule has 0 saturated carbocycles. The van der Waals surface area contributed by atoms with E-state index in [0.29, 0.717) is 29.1 Å². The summed E-state index contributed by atoms with van der Waals surface area (Å²) in [5.41, 5.74) is 1.44. The van der Waals surface area contributed by atoms with Gasteiger partial charge >= 0.3 is 5.97 Å². The average molecular weight is 448 g/mol. The number of nitrogens with one attached hydrogen (secondary N) is 1. The molecule has 2 aromatic rings. The van der Waals surface area contributed by atoms with Crippen molar-refractivity contribution in [2.75, 3.05) is 57.4 Å². The lowest BCUT2D eigenvalue weighted by Gasteiger charge is -2.32. The van der Waals surface area contributed by atoms with Gasteiger partial charge in [-0.05, 0) is 36.9 Å². The third-order valence-corrected chi connectivity index (χ3v) is 6.43. The number of nitrogens with zero attached hydrogens (tertiary/aromatic N) is 2. The van der Waals surface area contributed by atoms with Gasteiger partial charge in [0.2, 0.25) is 10.0 Å². The van der Waals surface area contributed by atoms with Gasteiger partial charge in [0.05, 0.1) is 24.1 Å². The zero-order valence-corrected chi connectivity index (χ0v) is 18.7. The number of hydrogen-bond donors (Lipinski definition) is 1. The number of ether oxygens (including phenoxy) is 2. The maximum Gasteiger partial charge on any atom is 0.338 e. The second-order valence-electron chi connectivity index (χ2n) is 7.54. The molecule has 1 aliphatic heterocycles. The van der Waals surface area contributed by atoms with Gasteiger partial charge in [0.25, 0.3) is 0 Å². The van der Waals surface area contributed by atoms with Crippen LogP contribution in [0, 0.1) is 0 Å². The number of carbonyl (C=O) groups is 1. The highest BCUT2D eigenvalue weighted by molar-refractivity contribution is 7.92. The highest BCUT2D eigenvalue weighted by Crippen LogP contribution is 2.27. The first-order chi connectivity index (χ1) is 14.9. The Kier molecular flexibility index (Phi) is 7.89. The zero-order valence-electron chi connectivity index (χ0n) is 17.9. The lowest BCUT2D eigenvalue weighted by atomic mass is 10.2. The molecule has 31 heavy (non-hydrogen) atoms. The summed E-state index contributed by atoms with van der Waals surface area (Å²) >= 11 is 0. The van der Waals surface area contributed by atoms with Crippen molar-refractivity contribution in [3.05, 3.63) is 59.7 Å². The monoisotopic (exact) mass is 447 g/mol. The predicted octanol–water partition coefficient (Wildman–Crippen LogP) is 2.04. The van der Waals surface area contributed by atoms with E-state index in [9.17, 15) is 13.2 Å². The number of sulfonamides is 1. The van der Waals surface area contributed by atoms with Crippen LogP contribution >= 0.6 is 0 Å². The molecule has 1 fully saturated rings. The van der Waals surface area contributed by atoms with Crippen LogP contribution in [0.2, 0.25) is 0 Å². The predicted molar refractivity (Wildman–Crippen MR) is 120 cm³/mol. The van der Waals surface area contributed by atoms with Crippen LogP contribution in [0.25, 0.3) is 0 Å². The molecular weight excluding hydrogens is 418 g/mol. The highest BCUT2D eigenvalue weighted by atomic mass is 32.2. The molecule has 0 aromatic heterocycles. The van der Waals surface area contributed by atoms with Gasteiger partial charge in [-0.1, -0.05) is 24.3 Å². The molecule has 0 radical (unpaired) electrons. The second-order valence-corrected chi connectivity index (χ2v) is 9.38. The molecule has 2 aromatic carbocycles. The first kappa shape index (κ1) is 23.1. The summed E-state index contributed by atoms with van der Waals surface area (Å²) in [6, 6.07) is 13.7. The van der Waals surface area contributed by atoms with E-state index in [1.54, 1.807) is 42.5 Å². The van der Waals surface area contributed by atoms with E-state index < -0.39 is 16.0 Å². The molecule has 168 valence electrons. The summed E-state index contributed by atoms with van der Waals surface area (Å²) < 4.78 is 38.5. The molecule has 1 heterocycles. The molecule has 3 rings (SSSR count). The molecule has 0 atom stereocenters. The number of benzene rings is 2. The van der Waals surface area contributed by atoms with Crippen LogP contribution in [0.5, 0.6) is 5.75 Å². The highest BCUT2D eigenvalue weighted by Gasteiger charge is 2.19. The van der Waals surface area contributed by atoms with Crippen molar-refractivity contribution < 1.29 is 22.7 Å². The number of esters is 1. The van der Waals surface area contributed by atoms with Crippen molar-refractivity contribution in [3.63, 3.8) is 0 Å². The van der Waals surface area contributed by atoms with Crippen LogP contribution in [0.3, 0.4) is 0 Å². The summed E-state index contributed by atoms with van der Waals surface area (Å²) in [7, 11) is -0.0240. The Hall–Kier alpha value is -2.62. The van der Waals surface area contributed by atoms with Crippen LogP contribution in [-0.2, 0) is 21.4 Å². The Labute approximate surface area is 183 Å². The smallest absolute Gasteiger partial charge is 0.338 e. The zero-order chi connectivity index (χ0) is 22.3. The molecule has 0 amide bonds.